The highest BCUT2D eigenvalue weighted by Gasteiger charge is 2.06. The summed E-state index contributed by atoms with van der Waals surface area (Å²) in [5, 5.41) is 2.50. The predicted octanol–water partition coefficient (Wildman–Crippen LogP) is 3.01. The number of aldehydes is 1. The lowest BCUT2D eigenvalue weighted by Crippen LogP contribution is -2.29. The summed E-state index contributed by atoms with van der Waals surface area (Å²) in [6.07, 6.45) is 5.52. The first-order valence-electron chi connectivity index (χ1n) is 9.24. The lowest BCUT2D eigenvalue weighted by atomic mass is 10.1. The van der Waals surface area contributed by atoms with Gasteiger partial charge in [-0.2, -0.15) is 0 Å². The predicted molar refractivity (Wildman–Crippen MR) is 121 cm³/mol. The third-order valence-electron chi connectivity index (χ3n) is 3.53. The van der Waals surface area contributed by atoms with E-state index in [1.165, 1.54) is 11.9 Å². The van der Waals surface area contributed by atoms with E-state index in [1.807, 2.05) is 43.8 Å². The van der Waals surface area contributed by atoms with Crippen LogP contribution in [0.2, 0.25) is 0 Å². The maximum atomic E-state index is 11.2. The van der Waals surface area contributed by atoms with Crippen molar-refractivity contribution in [2.24, 2.45) is 0 Å². The van der Waals surface area contributed by atoms with Crippen molar-refractivity contribution in [3.8, 4) is 11.5 Å². The molecule has 1 aromatic carbocycles. The van der Waals surface area contributed by atoms with Crippen LogP contribution in [0.15, 0.2) is 35.5 Å². The number of hydrogen-bond acceptors (Lipinski definition) is 7. The molecular weight excluding hydrogens is 386 g/mol. The van der Waals surface area contributed by atoms with Crippen molar-refractivity contribution in [2.75, 3.05) is 41.9 Å². The van der Waals surface area contributed by atoms with Crippen molar-refractivity contribution in [3.05, 3.63) is 46.5 Å². The molecule has 0 aliphatic rings. The van der Waals surface area contributed by atoms with Gasteiger partial charge < -0.3 is 14.4 Å². The standard InChI is InChI=1S/C20H25N3O2S.C2H6O/c1-6-9-23(5)13-18-15(2)10-16(14-24)11-19(18)25-17-7-8-20(21-12-17)26-22(3)4;1-3-2/h7-8,10-14H,2,6,9H2,1,3-5H3;1-2H3/b18-13+;. The Morgan fingerprint density at radius 1 is 1.21 bits per heavy atom. The third-order valence-corrected chi connectivity index (χ3v) is 4.32. The van der Waals surface area contributed by atoms with Crippen LogP contribution in [0, 0.1) is 0 Å². The van der Waals surface area contributed by atoms with Gasteiger partial charge in [-0.3, -0.25) is 9.10 Å². The van der Waals surface area contributed by atoms with E-state index in [2.05, 4.69) is 28.1 Å². The lowest BCUT2D eigenvalue weighted by molar-refractivity contribution is 0.112. The minimum absolute atomic E-state index is 0.535. The maximum Gasteiger partial charge on any atom is 0.150 e. The van der Waals surface area contributed by atoms with Gasteiger partial charge in [-0.05, 0) is 61.9 Å². The van der Waals surface area contributed by atoms with Gasteiger partial charge >= 0.3 is 0 Å². The van der Waals surface area contributed by atoms with Crippen molar-refractivity contribution in [2.45, 2.75) is 18.4 Å². The molecule has 0 fully saturated rings. The van der Waals surface area contributed by atoms with Crippen LogP contribution < -0.4 is 15.2 Å². The van der Waals surface area contributed by atoms with Crippen molar-refractivity contribution in [1.82, 2.24) is 14.2 Å². The molecule has 0 spiro atoms. The van der Waals surface area contributed by atoms with Gasteiger partial charge in [-0.1, -0.05) is 13.5 Å². The van der Waals surface area contributed by atoms with Crippen molar-refractivity contribution >= 4 is 31.0 Å². The second kappa shape index (κ2) is 13.0. The first-order chi connectivity index (χ1) is 13.8. The summed E-state index contributed by atoms with van der Waals surface area (Å²) < 4.78 is 12.3. The minimum Gasteiger partial charge on any atom is -0.455 e. The number of benzene rings is 1. The molecule has 0 bridgehead atoms. The number of nitrogens with zero attached hydrogens (tertiary/aromatic N) is 3. The van der Waals surface area contributed by atoms with E-state index in [1.54, 1.807) is 32.5 Å². The Labute approximate surface area is 178 Å². The summed E-state index contributed by atoms with van der Waals surface area (Å²) in [7, 11) is 9.19. The molecule has 1 aromatic heterocycles. The molecule has 0 unspecified atom stereocenters. The van der Waals surface area contributed by atoms with E-state index in [0.717, 1.165) is 34.7 Å². The monoisotopic (exact) mass is 417 g/mol. The topological polar surface area (TPSA) is 54.9 Å². The Bertz CT molecular complexity index is 870. The first kappa shape index (κ1) is 24.7. The quantitative estimate of drug-likeness (QED) is 0.483. The molecule has 1 heterocycles. The normalized spacial score (nSPS) is 11.1. The number of rotatable bonds is 8. The number of pyridine rings is 1. The van der Waals surface area contributed by atoms with E-state index >= 15 is 0 Å². The van der Waals surface area contributed by atoms with Gasteiger partial charge in [0.1, 0.15) is 22.8 Å². The fourth-order valence-electron chi connectivity index (χ4n) is 2.44. The number of hydrogen-bond donors (Lipinski definition) is 0. The molecule has 6 nitrogen and oxygen atoms in total. The molecule has 0 atom stereocenters. The van der Waals surface area contributed by atoms with Crippen molar-refractivity contribution in [3.63, 3.8) is 0 Å². The van der Waals surface area contributed by atoms with Crippen molar-refractivity contribution < 1.29 is 14.3 Å². The summed E-state index contributed by atoms with van der Waals surface area (Å²) in [6.45, 7) is 7.12. The van der Waals surface area contributed by atoms with Crippen LogP contribution in [-0.2, 0) is 4.74 Å². The van der Waals surface area contributed by atoms with Crippen molar-refractivity contribution in [1.29, 1.82) is 0 Å². The van der Waals surface area contributed by atoms with Crippen LogP contribution in [0.25, 0.3) is 12.8 Å². The van der Waals surface area contributed by atoms with Crippen LogP contribution in [-0.4, -0.2) is 62.4 Å². The van der Waals surface area contributed by atoms with Gasteiger partial charge in [-0.15, -0.1) is 0 Å². The van der Waals surface area contributed by atoms with E-state index in [4.69, 9.17) is 4.74 Å². The fraction of sp³-hybridized carbons (Fsp3) is 0.364. The molecule has 7 heteroatoms. The van der Waals surface area contributed by atoms with E-state index < -0.39 is 0 Å². The van der Waals surface area contributed by atoms with Gasteiger partial charge in [0.15, 0.2) is 0 Å². The molecule has 0 radical (unpaired) electrons. The second-order valence-electron chi connectivity index (χ2n) is 6.57. The highest BCUT2D eigenvalue weighted by molar-refractivity contribution is 7.96. The van der Waals surface area contributed by atoms with Crippen LogP contribution in [0.4, 0.5) is 0 Å². The Hall–Kier alpha value is -2.35. The summed E-state index contributed by atoms with van der Waals surface area (Å²) in [5.41, 5.74) is 0.535. The average Bonchev–Trinajstić information content (AvgIpc) is 2.66. The molecule has 158 valence electrons. The molecular formula is C22H31N3O3S. The molecule has 2 aromatic rings. The highest BCUT2D eigenvalue weighted by atomic mass is 32.2. The van der Waals surface area contributed by atoms with Gasteiger partial charge in [0.2, 0.25) is 0 Å². The minimum atomic E-state index is 0.535. The maximum absolute atomic E-state index is 11.2. The van der Waals surface area contributed by atoms with Gasteiger partial charge in [0.05, 0.1) is 6.20 Å². The largest absolute Gasteiger partial charge is 0.455 e. The number of methoxy groups -OCH3 is 1. The zero-order valence-corrected chi connectivity index (χ0v) is 19.0. The van der Waals surface area contributed by atoms with Crippen LogP contribution >= 0.6 is 11.9 Å². The van der Waals surface area contributed by atoms with Crippen LogP contribution in [0.3, 0.4) is 0 Å². The molecule has 0 aliphatic carbocycles. The number of carbonyl (C=O) groups excluding carboxylic acids is 1. The molecule has 0 N–H and O–H groups in total. The molecule has 0 aliphatic heterocycles. The van der Waals surface area contributed by atoms with Crippen LogP contribution in [0.5, 0.6) is 11.5 Å². The first-order valence-corrected chi connectivity index (χ1v) is 10.0. The Balaban J connectivity index is 0.00000132. The van der Waals surface area contributed by atoms with E-state index in [-0.39, 0.29) is 0 Å². The molecule has 0 saturated heterocycles. The van der Waals surface area contributed by atoms with Gasteiger partial charge in [0.25, 0.3) is 0 Å². The zero-order valence-electron chi connectivity index (χ0n) is 18.1. The average molecular weight is 418 g/mol. The Morgan fingerprint density at radius 3 is 2.41 bits per heavy atom. The second-order valence-corrected chi connectivity index (χ2v) is 7.90. The number of aromatic nitrogens is 1. The summed E-state index contributed by atoms with van der Waals surface area (Å²) in [6, 6.07) is 7.27. The summed E-state index contributed by atoms with van der Waals surface area (Å²) in [4.78, 5) is 17.7. The number of ether oxygens (including phenoxy) is 2. The lowest BCUT2D eigenvalue weighted by Gasteiger charge is -2.14. The molecule has 29 heavy (non-hydrogen) atoms. The summed E-state index contributed by atoms with van der Waals surface area (Å²) >= 11 is 1.54. The highest BCUT2D eigenvalue weighted by Crippen LogP contribution is 2.22. The van der Waals surface area contributed by atoms with E-state index in [9.17, 15) is 4.79 Å². The fourth-order valence-corrected chi connectivity index (χ4v) is 3.04. The van der Waals surface area contributed by atoms with Gasteiger partial charge in [-0.25, -0.2) is 4.98 Å². The molecule has 2 rings (SSSR count). The smallest absolute Gasteiger partial charge is 0.150 e. The molecule has 0 amide bonds. The SMILES string of the molecule is C=c1cc(C=O)cc(Oc2ccc(SN(C)C)nc2)/c1=C/N(C)CCC.COC. The van der Waals surface area contributed by atoms with Crippen LogP contribution in [0.1, 0.15) is 23.7 Å². The summed E-state index contributed by atoms with van der Waals surface area (Å²) in [5.74, 6) is 1.21. The van der Waals surface area contributed by atoms with Gasteiger partial charge in [0, 0.05) is 44.8 Å². The number of carbonyl (C=O) groups is 1. The zero-order chi connectivity index (χ0) is 21.8. The third kappa shape index (κ3) is 8.68. The van der Waals surface area contributed by atoms with E-state index in [0.29, 0.717) is 17.1 Å². The Kier molecular flexibility index (Phi) is 11.1. The molecule has 0 saturated carbocycles. The Morgan fingerprint density at radius 2 is 1.90 bits per heavy atom.